The van der Waals surface area contributed by atoms with Gasteiger partial charge in [0, 0.05) is 43.5 Å². The number of nitro benzene ring substituents is 1. The van der Waals surface area contributed by atoms with Crippen LogP contribution in [0.1, 0.15) is 18.9 Å². The van der Waals surface area contributed by atoms with Gasteiger partial charge in [0.05, 0.1) is 4.92 Å². The molecule has 0 amide bonds. The molecule has 0 aliphatic carbocycles. The summed E-state index contributed by atoms with van der Waals surface area (Å²) in [4.78, 5) is 13.1. The van der Waals surface area contributed by atoms with Gasteiger partial charge in [-0.1, -0.05) is 13.0 Å². The lowest BCUT2D eigenvalue weighted by molar-refractivity contribution is -0.384. The minimum absolute atomic E-state index is 0.190. The van der Waals surface area contributed by atoms with Gasteiger partial charge >= 0.3 is 0 Å². The lowest BCUT2D eigenvalue weighted by Crippen LogP contribution is -2.35. The number of hydrogen-bond donors (Lipinski definition) is 1. The van der Waals surface area contributed by atoms with Gasteiger partial charge in [-0.15, -0.1) is 0 Å². The zero-order valence-corrected chi connectivity index (χ0v) is 12.0. The van der Waals surface area contributed by atoms with Crippen molar-refractivity contribution in [2.75, 3.05) is 24.5 Å². The standard InChI is InChI=1S/C15H21N3O2/c1-3-14-13-8-16-7-11(13)9-17(14)15-6-12(18(19)20)5-4-10(15)2/h4-6,11,13-14,16H,3,7-9H2,1-2H3. The van der Waals surface area contributed by atoms with Gasteiger partial charge in [-0.05, 0) is 30.7 Å². The van der Waals surface area contributed by atoms with Crippen molar-refractivity contribution >= 4 is 11.4 Å². The Morgan fingerprint density at radius 2 is 2.25 bits per heavy atom. The molecule has 1 N–H and O–H groups in total. The molecular formula is C15H21N3O2. The number of anilines is 1. The monoisotopic (exact) mass is 275 g/mol. The van der Waals surface area contributed by atoms with Crippen molar-refractivity contribution in [2.45, 2.75) is 26.3 Å². The molecule has 2 aliphatic heterocycles. The Kier molecular flexibility index (Phi) is 3.38. The average Bonchev–Trinajstić information content (AvgIpc) is 2.98. The van der Waals surface area contributed by atoms with E-state index in [-0.39, 0.29) is 10.6 Å². The molecule has 108 valence electrons. The maximum Gasteiger partial charge on any atom is 0.271 e. The van der Waals surface area contributed by atoms with Crippen molar-refractivity contribution in [3.8, 4) is 0 Å². The Balaban J connectivity index is 1.96. The first kappa shape index (κ1) is 13.4. The molecule has 0 spiro atoms. The number of non-ortho nitro benzene ring substituents is 1. The number of fused-ring (bicyclic) bond motifs is 1. The molecule has 0 bridgehead atoms. The first-order chi connectivity index (χ1) is 9.61. The van der Waals surface area contributed by atoms with Crippen molar-refractivity contribution in [3.63, 3.8) is 0 Å². The summed E-state index contributed by atoms with van der Waals surface area (Å²) in [6, 6.07) is 5.70. The highest BCUT2D eigenvalue weighted by molar-refractivity contribution is 5.60. The van der Waals surface area contributed by atoms with Crippen LogP contribution in [0.25, 0.3) is 0 Å². The number of nitro groups is 1. The molecule has 3 atom stereocenters. The van der Waals surface area contributed by atoms with E-state index in [1.165, 1.54) is 0 Å². The number of aryl methyl sites for hydroxylation is 1. The summed E-state index contributed by atoms with van der Waals surface area (Å²) in [5.41, 5.74) is 2.36. The molecular weight excluding hydrogens is 254 g/mol. The van der Waals surface area contributed by atoms with Crippen molar-refractivity contribution < 1.29 is 4.92 Å². The second kappa shape index (κ2) is 5.05. The highest BCUT2D eigenvalue weighted by atomic mass is 16.6. The van der Waals surface area contributed by atoms with Crippen LogP contribution in [0, 0.1) is 28.9 Å². The Morgan fingerprint density at radius 1 is 1.45 bits per heavy atom. The fourth-order valence-electron chi connectivity index (χ4n) is 3.84. The fourth-order valence-corrected chi connectivity index (χ4v) is 3.84. The summed E-state index contributed by atoms with van der Waals surface area (Å²) in [6.07, 6.45) is 1.09. The van der Waals surface area contributed by atoms with Crippen molar-refractivity contribution in [1.82, 2.24) is 5.32 Å². The summed E-state index contributed by atoms with van der Waals surface area (Å²) in [6.45, 7) is 7.42. The van der Waals surface area contributed by atoms with E-state index in [2.05, 4.69) is 17.1 Å². The molecule has 2 heterocycles. The third-order valence-corrected chi connectivity index (χ3v) is 4.85. The van der Waals surface area contributed by atoms with E-state index in [4.69, 9.17) is 0 Å². The molecule has 0 radical (unpaired) electrons. The van der Waals surface area contributed by atoms with Gasteiger partial charge in [0.25, 0.3) is 5.69 Å². The maximum atomic E-state index is 11.0. The molecule has 5 heteroatoms. The van der Waals surface area contributed by atoms with Crippen molar-refractivity contribution in [3.05, 3.63) is 33.9 Å². The Labute approximate surface area is 119 Å². The summed E-state index contributed by atoms with van der Waals surface area (Å²) >= 11 is 0. The van der Waals surface area contributed by atoms with Gasteiger partial charge in [0.1, 0.15) is 0 Å². The molecule has 0 aromatic heterocycles. The lowest BCUT2D eigenvalue weighted by Gasteiger charge is -2.30. The first-order valence-corrected chi connectivity index (χ1v) is 7.34. The SMILES string of the molecule is CCC1C2CNCC2CN1c1cc([N+](=O)[O-])ccc1C. The third-order valence-electron chi connectivity index (χ3n) is 4.85. The summed E-state index contributed by atoms with van der Waals surface area (Å²) in [7, 11) is 0. The van der Waals surface area contributed by atoms with Crippen LogP contribution in [0.15, 0.2) is 18.2 Å². The molecule has 2 aliphatic rings. The van der Waals surface area contributed by atoms with Crippen LogP contribution in [0.4, 0.5) is 11.4 Å². The molecule has 20 heavy (non-hydrogen) atoms. The highest BCUT2D eigenvalue weighted by Gasteiger charge is 2.43. The van der Waals surface area contributed by atoms with Crippen LogP contribution >= 0.6 is 0 Å². The Morgan fingerprint density at radius 3 is 2.95 bits per heavy atom. The lowest BCUT2D eigenvalue weighted by atomic mass is 9.92. The maximum absolute atomic E-state index is 11.0. The van der Waals surface area contributed by atoms with Crippen LogP contribution in [-0.4, -0.2) is 30.6 Å². The predicted molar refractivity (Wildman–Crippen MR) is 79.1 cm³/mol. The van der Waals surface area contributed by atoms with Crippen LogP contribution in [-0.2, 0) is 0 Å². The zero-order valence-electron chi connectivity index (χ0n) is 12.0. The van der Waals surface area contributed by atoms with Gasteiger partial charge in [-0.25, -0.2) is 0 Å². The quantitative estimate of drug-likeness (QED) is 0.679. The molecule has 2 saturated heterocycles. The topological polar surface area (TPSA) is 58.4 Å². The second-order valence-corrected chi connectivity index (χ2v) is 5.94. The molecule has 1 aromatic rings. The molecule has 0 saturated carbocycles. The number of benzene rings is 1. The van der Waals surface area contributed by atoms with Gasteiger partial charge in [0.15, 0.2) is 0 Å². The minimum atomic E-state index is -0.303. The van der Waals surface area contributed by atoms with Crippen LogP contribution in [0.2, 0.25) is 0 Å². The number of hydrogen-bond acceptors (Lipinski definition) is 4. The molecule has 1 aromatic carbocycles. The minimum Gasteiger partial charge on any atom is -0.367 e. The molecule has 3 unspecified atom stereocenters. The molecule has 2 fully saturated rings. The van der Waals surface area contributed by atoms with E-state index in [9.17, 15) is 10.1 Å². The Hall–Kier alpha value is -1.62. The van der Waals surface area contributed by atoms with E-state index < -0.39 is 0 Å². The average molecular weight is 275 g/mol. The van der Waals surface area contributed by atoms with E-state index in [0.29, 0.717) is 17.9 Å². The normalized spacial score (nSPS) is 28.7. The van der Waals surface area contributed by atoms with Crippen molar-refractivity contribution in [2.24, 2.45) is 11.8 Å². The third kappa shape index (κ3) is 2.06. The van der Waals surface area contributed by atoms with E-state index >= 15 is 0 Å². The Bertz CT molecular complexity index is 532. The smallest absolute Gasteiger partial charge is 0.271 e. The number of nitrogens with zero attached hydrogens (tertiary/aromatic N) is 2. The summed E-state index contributed by atoms with van der Waals surface area (Å²) in [5, 5.41) is 14.5. The van der Waals surface area contributed by atoms with Gasteiger partial charge in [-0.3, -0.25) is 10.1 Å². The van der Waals surface area contributed by atoms with Crippen molar-refractivity contribution in [1.29, 1.82) is 0 Å². The number of nitrogens with one attached hydrogen (secondary N) is 1. The second-order valence-electron chi connectivity index (χ2n) is 5.94. The summed E-state index contributed by atoms with van der Waals surface area (Å²) < 4.78 is 0. The highest BCUT2D eigenvalue weighted by Crippen LogP contribution is 2.39. The largest absolute Gasteiger partial charge is 0.367 e. The van der Waals surface area contributed by atoms with Gasteiger partial charge in [-0.2, -0.15) is 0 Å². The molecule has 3 rings (SSSR count). The van der Waals surface area contributed by atoms with E-state index in [1.54, 1.807) is 12.1 Å². The van der Waals surface area contributed by atoms with Gasteiger partial charge < -0.3 is 10.2 Å². The summed E-state index contributed by atoms with van der Waals surface area (Å²) in [5.74, 6) is 1.36. The van der Waals surface area contributed by atoms with Crippen LogP contribution in [0.3, 0.4) is 0 Å². The zero-order chi connectivity index (χ0) is 14.3. The van der Waals surface area contributed by atoms with Crippen LogP contribution < -0.4 is 10.2 Å². The van der Waals surface area contributed by atoms with Crippen LogP contribution in [0.5, 0.6) is 0 Å². The van der Waals surface area contributed by atoms with E-state index in [0.717, 1.165) is 37.3 Å². The van der Waals surface area contributed by atoms with Gasteiger partial charge in [0.2, 0.25) is 0 Å². The van der Waals surface area contributed by atoms with E-state index in [1.807, 2.05) is 13.0 Å². The fraction of sp³-hybridized carbons (Fsp3) is 0.600. The molecule has 5 nitrogen and oxygen atoms in total. The first-order valence-electron chi connectivity index (χ1n) is 7.34. The predicted octanol–water partition coefficient (Wildman–Crippen LogP) is 2.34. The number of rotatable bonds is 3.